The number of rotatable bonds is 7. The van der Waals surface area contributed by atoms with Gasteiger partial charge in [0.05, 0.1) is 28.6 Å². The third-order valence-corrected chi connectivity index (χ3v) is 7.06. The molecule has 198 valence electrons. The van der Waals surface area contributed by atoms with Gasteiger partial charge in [-0.25, -0.2) is 9.36 Å². The summed E-state index contributed by atoms with van der Waals surface area (Å²) in [6.07, 6.45) is 3.26. The molecular formula is C29H27N5O5. The van der Waals surface area contributed by atoms with Crippen molar-refractivity contribution in [3.8, 4) is 11.4 Å². The SMILES string of the molecule is Cc1c(C(/C=C\c2ccc([N+](=O)[O-])o2)c2c(C)n(C)n(-c3ccccc3)c2=O)c(=O)n(-c2ccccc2)n1C. The first-order chi connectivity index (χ1) is 18.7. The molecule has 0 aliphatic carbocycles. The molecule has 0 fully saturated rings. The summed E-state index contributed by atoms with van der Waals surface area (Å²) in [6, 6.07) is 21.3. The quantitative estimate of drug-likeness (QED) is 0.227. The first-order valence-electron chi connectivity index (χ1n) is 12.3. The molecule has 10 nitrogen and oxygen atoms in total. The molecule has 0 N–H and O–H groups in total. The van der Waals surface area contributed by atoms with E-state index in [-0.39, 0.29) is 16.9 Å². The molecule has 0 saturated carbocycles. The van der Waals surface area contributed by atoms with Crippen LogP contribution in [0.1, 0.15) is 34.2 Å². The standard InChI is InChI=1S/C29H27N5O5/c1-19-26(28(35)32(30(19)3)21-11-7-5-8-12-21)24(17-15-23-16-18-25(39-23)34(37)38)27-20(2)31(4)33(29(27)36)22-13-9-6-10-14-22/h5-18,24H,1-4H3/b17-15-. The number of hydrogen-bond donors (Lipinski definition) is 0. The Kier molecular flexibility index (Phi) is 6.53. The molecule has 3 aromatic heterocycles. The van der Waals surface area contributed by atoms with Crippen molar-refractivity contribution in [1.29, 1.82) is 0 Å². The van der Waals surface area contributed by atoms with Crippen LogP contribution < -0.4 is 11.1 Å². The second-order valence-electron chi connectivity index (χ2n) is 9.22. The lowest BCUT2D eigenvalue weighted by molar-refractivity contribution is -0.402. The third-order valence-electron chi connectivity index (χ3n) is 7.06. The number of benzene rings is 2. The fraction of sp³-hybridized carbons (Fsp3) is 0.172. The number of nitrogens with zero attached hydrogens (tertiary/aromatic N) is 5. The second kappa shape index (κ2) is 9.97. The molecule has 2 aromatic carbocycles. The second-order valence-corrected chi connectivity index (χ2v) is 9.22. The average Bonchev–Trinajstić information content (AvgIpc) is 3.56. The molecule has 0 bridgehead atoms. The lowest BCUT2D eigenvalue weighted by atomic mass is 9.91. The Morgan fingerprint density at radius 3 is 1.64 bits per heavy atom. The first-order valence-corrected chi connectivity index (χ1v) is 12.3. The van der Waals surface area contributed by atoms with Gasteiger partial charge < -0.3 is 4.42 Å². The Bertz CT molecular complexity index is 1710. The summed E-state index contributed by atoms with van der Waals surface area (Å²) in [7, 11) is 3.59. The van der Waals surface area contributed by atoms with Crippen molar-refractivity contribution < 1.29 is 9.34 Å². The van der Waals surface area contributed by atoms with Crippen LogP contribution in [0, 0.1) is 24.0 Å². The van der Waals surface area contributed by atoms with Gasteiger partial charge in [-0.05, 0) is 50.3 Å². The van der Waals surface area contributed by atoms with Gasteiger partial charge in [-0.15, -0.1) is 0 Å². The van der Waals surface area contributed by atoms with Crippen molar-refractivity contribution in [2.24, 2.45) is 14.1 Å². The van der Waals surface area contributed by atoms with Crippen molar-refractivity contribution in [3.63, 3.8) is 0 Å². The monoisotopic (exact) mass is 525 g/mol. The molecule has 0 unspecified atom stereocenters. The highest BCUT2D eigenvalue weighted by Gasteiger charge is 2.30. The Balaban J connectivity index is 1.76. The molecule has 10 heteroatoms. The van der Waals surface area contributed by atoms with Crippen molar-refractivity contribution in [3.05, 3.63) is 138 Å². The highest BCUT2D eigenvalue weighted by Crippen LogP contribution is 2.30. The molecule has 0 saturated heterocycles. The van der Waals surface area contributed by atoms with Gasteiger partial charge in [-0.3, -0.25) is 29.1 Å². The van der Waals surface area contributed by atoms with Gasteiger partial charge in [0.1, 0.15) is 10.7 Å². The Morgan fingerprint density at radius 2 is 1.23 bits per heavy atom. The molecule has 3 heterocycles. The number of para-hydroxylation sites is 2. The molecule has 0 radical (unpaired) electrons. The summed E-state index contributed by atoms with van der Waals surface area (Å²) in [5.41, 5.74) is 3.04. The van der Waals surface area contributed by atoms with Gasteiger partial charge in [0.15, 0.2) is 0 Å². The van der Waals surface area contributed by atoms with Gasteiger partial charge in [0.2, 0.25) is 0 Å². The van der Waals surface area contributed by atoms with Crippen molar-refractivity contribution in [1.82, 2.24) is 18.7 Å². The van der Waals surface area contributed by atoms with E-state index in [4.69, 9.17) is 4.42 Å². The molecular weight excluding hydrogens is 498 g/mol. The van der Waals surface area contributed by atoms with Gasteiger partial charge >= 0.3 is 5.88 Å². The van der Waals surface area contributed by atoms with E-state index in [1.54, 1.807) is 45.0 Å². The van der Waals surface area contributed by atoms with E-state index in [1.807, 2.05) is 74.5 Å². The zero-order valence-electron chi connectivity index (χ0n) is 21.9. The largest absolute Gasteiger partial charge is 0.433 e. The first kappa shape index (κ1) is 25.5. The minimum Gasteiger partial charge on any atom is -0.401 e. The number of aromatic nitrogens is 4. The van der Waals surface area contributed by atoms with Crippen LogP contribution in [0.25, 0.3) is 17.5 Å². The number of furan rings is 1. The minimum atomic E-state index is -0.763. The van der Waals surface area contributed by atoms with Crippen LogP contribution in [0.15, 0.2) is 92.9 Å². The van der Waals surface area contributed by atoms with Crippen LogP contribution in [0.4, 0.5) is 5.88 Å². The van der Waals surface area contributed by atoms with Crippen molar-refractivity contribution in [2.45, 2.75) is 19.8 Å². The zero-order chi connectivity index (χ0) is 27.8. The Morgan fingerprint density at radius 1 is 0.769 bits per heavy atom. The van der Waals surface area contributed by atoms with Gasteiger partial charge in [-0.1, -0.05) is 42.5 Å². The topological polar surface area (TPSA) is 110 Å². The summed E-state index contributed by atoms with van der Waals surface area (Å²) >= 11 is 0. The fourth-order valence-corrected chi connectivity index (χ4v) is 4.95. The van der Waals surface area contributed by atoms with Gasteiger partial charge in [0.25, 0.3) is 11.1 Å². The van der Waals surface area contributed by atoms with E-state index in [0.717, 1.165) is 0 Å². The van der Waals surface area contributed by atoms with Crippen LogP contribution in [0.3, 0.4) is 0 Å². The zero-order valence-corrected chi connectivity index (χ0v) is 21.9. The molecule has 0 atom stereocenters. The molecule has 0 spiro atoms. The fourth-order valence-electron chi connectivity index (χ4n) is 4.95. The Hall–Kier alpha value is -5.12. The normalized spacial score (nSPS) is 11.6. The number of allylic oxidation sites excluding steroid dienone is 1. The maximum Gasteiger partial charge on any atom is 0.433 e. The van der Waals surface area contributed by atoms with E-state index in [9.17, 15) is 19.7 Å². The van der Waals surface area contributed by atoms with E-state index in [2.05, 4.69) is 0 Å². The number of hydrogen-bond acceptors (Lipinski definition) is 5. The highest BCUT2D eigenvalue weighted by molar-refractivity contribution is 5.52. The molecule has 5 aromatic rings. The van der Waals surface area contributed by atoms with Crippen LogP contribution in [-0.4, -0.2) is 23.7 Å². The van der Waals surface area contributed by atoms with Crippen LogP contribution in [-0.2, 0) is 14.1 Å². The molecule has 0 aliphatic rings. The van der Waals surface area contributed by atoms with E-state index < -0.39 is 16.7 Å². The predicted molar refractivity (Wildman–Crippen MR) is 148 cm³/mol. The lowest BCUT2D eigenvalue weighted by Crippen LogP contribution is -2.25. The van der Waals surface area contributed by atoms with Crippen LogP contribution in [0.5, 0.6) is 0 Å². The lowest BCUT2D eigenvalue weighted by Gasteiger charge is -2.11. The van der Waals surface area contributed by atoms with Crippen LogP contribution in [0.2, 0.25) is 0 Å². The highest BCUT2D eigenvalue weighted by atomic mass is 16.6. The Labute approximate surface area is 223 Å². The maximum atomic E-state index is 14.0. The smallest absolute Gasteiger partial charge is 0.401 e. The third kappa shape index (κ3) is 4.35. The summed E-state index contributed by atoms with van der Waals surface area (Å²) in [5, 5.41) is 11.1. The van der Waals surface area contributed by atoms with E-state index in [0.29, 0.717) is 33.9 Å². The maximum absolute atomic E-state index is 14.0. The molecule has 39 heavy (non-hydrogen) atoms. The van der Waals surface area contributed by atoms with E-state index in [1.165, 1.54) is 12.1 Å². The minimum absolute atomic E-state index is 0.237. The van der Waals surface area contributed by atoms with Gasteiger partial charge in [-0.2, -0.15) is 0 Å². The predicted octanol–water partition coefficient (Wildman–Crippen LogP) is 4.63. The summed E-state index contributed by atoms with van der Waals surface area (Å²) in [5.74, 6) is -0.919. The van der Waals surface area contributed by atoms with Crippen LogP contribution >= 0.6 is 0 Å². The van der Waals surface area contributed by atoms with Crippen molar-refractivity contribution >= 4 is 12.0 Å². The average molecular weight is 526 g/mol. The summed E-state index contributed by atoms with van der Waals surface area (Å²) in [4.78, 5) is 38.5. The molecule has 0 amide bonds. The molecule has 5 rings (SSSR count). The van der Waals surface area contributed by atoms with Crippen molar-refractivity contribution in [2.75, 3.05) is 0 Å². The number of nitro groups is 1. The summed E-state index contributed by atoms with van der Waals surface area (Å²) < 4.78 is 12.0. The van der Waals surface area contributed by atoms with Gasteiger partial charge in [0, 0.05) is 31.4 Å². The van der Waals surface area contributed by atoms with E-state index >= 15 is 0 Å². The molecule has 0 aliphatic heterocycles. The summed E-state index contributed by atoms with van der Waals surface area (Å²) in [6.45, 7) is 3.67.